The summed E-state index contributed by atoms with van der Waals surface area (Å²) in [7, 11) is -1.92. The van der Waals surface area contributed by atoms with Gasteiger partial charge in [0, 0.05) is 20.1 Å². The Morgan fingerprint density at radius 1 is 1.22 bits per heavy atom. The number of aryl methyl sites for hydroxylation is 2. The van der Waals surface area contributed by atoms with E-state index in [1.54, 1.807) is 45.2 Å². The summed E-state index contributed by atoms with van der Waals surface area (Å²) in [6.45, 7) is 5.93. The number of nitrogens with zero attached hydrogens (tertiary/aromatic N) is 3. The Bertz CT molecular complexity index is 864. The first-order chi connectivity index (χ1) is 12.7. The summed E-state index contributed by atoms with van der Waals surface area (Å²) in [5.41, 5.74) is 0.991. The van der Waals surface area contributed by atoms with Gasteiger partial charge in [-0.25, -0.2) is 17.9 Å². The van der Waals surface area contributed by atoms with Crippen LogP contribution in [-0.2, 0) is 10.0 Å². The summed E-state index contributed by atoms with van der Waals surface area (Å²) in [5.74, 6) is 0.863. The predicted molar refractivity (Wildman–Crippen MR) is 99.6 cm³/mol. The molecule has 0 saturated heterocycles. The minimum atomic E-state index is -3.54. The van der Waals surface area contributed by atoms with Crippen molar-refractivity contribution in [1.82, 2.24) is 25.1 Å². The molecule has 0 fully saturated rings. The van der Waals surface area contributed by atoms with Gasteiger partial charge in [0.15, 0.2) is 5.82 Å². The van der Waals surface area contributed by atoms with Crippen LogP contribution in [0.4, 0.5) is 4.79 Å². The number of aromatic nitrogens is 2. The van der Waals surface area contributed by atoms with Gasteiger partial charge in [0.2, 0.25) is 15.9 Å². The summed E-state index contributed by atoms with van der Waals surface area (Å²) in [6, 6.07) is 5.95. The van der Waals surface area contributed by atoms with Crippen molar-refractivity contribution in [2.75, 3.05) is 20.1 Å². The van der Waals surface area contributed by atoms with Crippen molar-refractivity contribution in [3.63, 3.8) is 0 Å². The fraction of sp³-hybridized carbons (Fsp3) is 0.471. The maximum atomic E-state index is 12.2. The van der Waals surface area contributed by atoms with Gasteiger partial charge in [-0.15, -0.1) is 0 Å². The third kappa shape index (κ3) is 5.76. The molecule has 0 radical (unpaired) electrons. The molecule has 0 aliphatic heterocycles. The number of amides is 2. The van der Waals surface area contributed by atoms with Crippen LogP contribution in [0, 0.1) is 13.8 Å². The highest BCUT2D eigenvalue weighted by atomic mass is 32.2. The van der Waals surface area contributed by atoms with Crippen molar-refractivity contribution < 1.29 is 17.7 Å². The van der Waals surface area contributed by atoms with Crippen molar-refractivity contribution in [1.29, 1.82) is 0 Å². The van der Waals surface area contributed by atoms with Crippen molar-refractivity contribution in [3.05, 3.63) is 41.5 Å². The second kappa shape index (κ2) is 8.96. The third-order valence-electron chi connectivity index (χ3n) is 4.06. The minimum Gasteiger partial charge on any atom is -0.338 e. The first-order valence-electron chi connectivity index (χ1n) is 8.58. The molecule has 0 spiro atoms. The molecule has 1 atom stereocenters. The molecule has 9 nitrogen and oxygen atoms in total. The topological polar surface area (TPSA) is 117 Å². The molecule has 0 aliphatic rings. The van der Waals surface area contributed by atoms with Crippen LogP contribution in [-0.4, -0.2) is 49.6 Å². The highest BCUT2D eigenvalue weighted by Crippen LogP contribution is 2.16. The zero-order valence-corrected chi connectivity index (χ0v) is 16.7. The SMILES string of the molecule is Cc1ccc(S(=O)(=O)NCCCNC(=O)N(C)[C@H](C)c2nc(C)no2)cc1. The molecule has 0 bridgehead atoms. The lowest BCUT2D eigenvalue weighted by Crippen LogP contribution is -2.40. The Hall–Kier alpha value is -2.46. The molecule has 27 heavy (non-hydrogen) atoms. The van der Waals surface area contributed by atoms with Crippen molar-refractivity contribution in [2.45, 2.75) is 38.1 Å². The molecule has 0 unspecified atom stereocenters. The standard InChI is InChI=1S/C17H25N5O4S/c1-12-6-8-15(9-7-12)27(24,25)19-11-5-10-18-17(23)22(4)13(2)16-20-14(3)21-26-16/h6-9,13,19H,5,10-11H2,1-4H3,(H,18,23)/t13-/m1/s1. The quantitative estimate of drug-likeness (QED) is 0.658. The summed E-state index contributed by atoms with van der Waals surface area (Å²) < 4.78 is 31.9. The summed E-state index contributed by atoms with van der Waals surface area (Å²) in [4.78, 5) is 17.9. The largest absolute Gasteiger partial charge is 0.338 e. The summed E-state index contributed by atoms with van der Waals surface area (Å²) >= 11 is 0. The van der Waals surface area contributed by atoms with Gasteiger partial charge in [-0.05, 0) is 39.3 Å². The van der Waals surface area contributed by atoms with Gasteiger partial charge >= 0.3 is 6.03 Å². The molecule has 1 aromatic heterocycles. The van der Waals surface area contributed by atoms with Crippen molar-refractivity contribution in [3.8, 4) is 0 Å². The minimum absolute atomic E-state index is 0.221. The maximum Gasteiger partial charge on any atom is 0.317 e. The molecule has 1 heterocycles. The van der Waals surface area contributed by atoms with E-state index in [1.165, 1.54) is 4.90 Å². The number of benzene rings is 1. The average Bonchev–Trinajstić information content (AvgIpc) is 3.06. The highest BCUT2D eigenvalue weighted by molar-refractivity contribution is 7.89. The fourth-order valence-electron chi connectivity index (χ4n) is 2.24. The number of urea groups is 1. The van der Waals surface area contributed by atoms with Crippen LogP contribution in [0.1, 0.15) is 36.7 Å². The van der Waals surface area contributed by atoms with E-state index < -0.39 is 10.0 Å². The lowest BCUT2D eigenvalue weighted by Gasteiger charge is -2.22. The lowest BCUT2D eigenvalue weighted by molar-refractivity contribution is 0.181. The molecule has 148 valence electrons. The molecule has 2 rings (SSSR count). The third-order valence-corrected chi connectivity index (χ3v) is 5.53. The zero-order chi connectivity index (χ0) is 20.0. The van der Waals surface area contributed by atoms with E-state index in [0.717, 1.165) is 5.56 Å². The normalized spacial score (nSPS) is 12.6. The van der Waals surface area contributed by atoms with E-state index in [1.807, 2.05) is 6.92 Å². The van der Waals surface area contributed by atoms with Crippen LogP contribution in [0.3, 0.4) is 0 Å². The molecule has 2 amide bonds. The van der Waals surface area contributed by atoms with Gasteiger partial charge in [-0.2, -0.15) is 4.98 Å². The van der Waals surface area contributed by atoms with E-state index in [0.29, 0.717) is 24.7 Å². The highest BCUT2D eigenvalue weighted by Gasteiger charge is 2.22. The van der Waals surface area contributed by atoms with Gasteiger partial charge in [0.1, 0.15) is 6.04 Å². The molecular weight excluding hydrogens is 370 g/mol. The van der Waals surface area contributed by atoms with E-state index >= 15 is 0 Å². The molecule has 1 aromatic carbocycles. The van der Waals surface area contributed by atoms with Gasteiger partial charge in [-0.1, -0.05) is 22.9 Å². The van der Waals surface area contributed by atoms with E-state index in [9.17, 15) is 13.2 Å². The Morgan fingerprint density at radius 2 is 1.89 bits per heavy atom. The molecule has 10 heteroatoms. The summed E-state index contributed by atoms with van der Waals surface area (Å²) in [6.07, 6.45) is 0.457. The number of sulfonamides is 1. The van der Waals surface area contributed by atoms with Gasteiger partial charge in [0.25, 0.3) is 0 Å². The van der Waals surface area contributed by atoms with E-state index in [4.69, 9.17) is 4.52 Å². The van der Waals surface area contributed by atoms with Crippen LogP contribution in [0.5, 0.6) is 0 Å². The van der Waals surface area contributed by atoms with Crippen LogP contribution < -0.4 is 10.0 Å². The molecule has 0 aliphatic carbocycles. The van der Waals surface area contributed by atoms with Crippen LogP contribution in [0.2, 0.25) is 0 Å². The van der Waals surface area contributed by atoms with Gasteiger partial charge in [-0.3, -0.25) is 0 Å². The predicted octanol–water partition coefficient (Wildman–Crippen LogP) is 1.76. The number of carbonyl (C=O) groups excluding carboxylic acids is 1. The first-order valence-corrected chi connectivity index (χ1v) is 10.1. The first kappa shape index (κ1) is 20.8. The van der Waals surface area contributed by atoms with Crippen LogP contribution in [0.15, 0.2) is 33.7 Å². The van der Waals surface area contributed by atoms with Crippen molar-refractivity contribution in [2.24, 2.45) is 0 Å². The lowest BCUT2D eigenvalue weighted by atomic mass is 10.2. The number of hydrogen-bond donors (Lipinski definition) is 2. The second-order valence-electron chi connectivity index (χ2n) is 6.26. The van der Waals surface area contributed by atoms with E-state index in [-0.39, 0.29) is 23.5 Å². The smallest absolute Gasteiger partial charge is 0.317 e. The van der Waals surface area contributed by atoms with Gasteiger partial charge < -0.3 is 14.7 Å². The number of hydrogen-bond acceptors (Lipinski definition) is 6. The Balaban J connectivity index is 1.74. The average molecular weight is 395 g/mol. The van der Waals surface area contributed by atoms with Crippen molar-refractivity contribution >= 4 is 16.1 Å². The van der Waals surface area contributed by atoms with Gasteiger partial charge in [0.05, 0.1) is 4.90 Å². The zero-order valence-electron chi connectivity index (χ0n) is 15.9. The Labute approximate surface area is 159 Å². The molecule has 0 saturated carbocycles. The number of rotatable bonds is 8. The Kier molecular flexibility index (Phi) is 6.92. The maximum absolute atomic E-state index is 12.2. The number of nitrogens with one attached hydrogen (secondary N) is 2. The monoisotopic (exact) mass is 395 g/mol. The van der Waals surface area contributed by atoms with E-state index in [2.05, 4.69) is 20.2 Å². The fourth-order valence-corrected chi connectivity index (χ4v) is 3.31. The number of carbonyl (C=O) groups is 1. The second-order valence-corrected chi connectivity index (χ2v) is 8.03. The molecular formula is C17H25N5O4S. The summed E-state index contributed by atoms with van der Waals surface area (Å²) in [5, 5.41) is 6.44. The molecule has 2 aromatic rings. The molecule has 2 N–H and O–H groups in total. The Morgan fingerprint density at radius 3 is 2.48 bits per heavy atom. The van der Waals surface area contributed by atoms with Crippen LogP contribution in [0.25, 0.3) is 0 Å². The van der Waals surface area contributed by atoms with Crippen LogP contribution >= 0.6 is 0 Å².